The van der Waals surface area contributed by atoms with Gasteiger partial charge in [-0.2, -0.15) is 0 Å². The molecule has 0 aliphatic carbocycles. The highest BCUT2D eigenvalue weighted by molar-refractivity contribution is 5.68. The van der Waals surface area contributed by atoms with Crippen LogP contribution in [0.3, 0.4) is 0 Å². The highest BCUT2D eigenvalue weighted by Gasteiger charge is 2.27. The van der Waals surface area contributed by atoms with Crippen LogP contribution in [0, 0.1) is 0 Å². The molecule has 2 atom stereocenters. The molecule has 6 nitrogen and oxygen atoms in total. The van der Waals surface area contributed by atoms with Crippen molar-refractivity contribution in [2.45, 2.75) is 64.2 Å². The van der Waals surface area contributed by atoms with Gasteiger partial charge in [-0.25, -0.2) is 4.79 Å². The van der Waals surface area contributed by atoms with E-state index in [-0.39, 0.29) is 6.09 Å². The van der Waals surface area contributed by atoms with Gasteiger partial charge in [0.25, 0.3) is 0 Å². The van der Waals surface area contributed by atoms with Crippen molar-refractivity contribution < 1.29 is 14.6 Å². The van der Waals surface area contributed by atoms with Gasteiger partial charge in [0.2, 0.25) is 0 Å². The first kappa shape index (κ1) is 20.2. The van der Waals surface area contributed by atoms with Gasteiger partial charge >= 0.3 is 6.09 Å². The van der Waals surface area contributed by atoms with E-state index in [4.69, 9.17) is 4.74 Å². The summed E-state index contributed by atoms with van der Waals surface area (Å²) in [7, 11) is 3.91. The summed E-state index contributed by atoms with van der Waals surface area (Å²) in [5.74, 6) is 0. The molecule has 2 unspecified atom stereocenters. The zero-order chi connectivity index (χ0) is 17.7. The molecule has 0 spiro atoms. The van der Waals surface area contributed by atoms with Gasteiger partial charge in [-0.15, -0.1) is 0 Å². The second-order valence-electron chi connectivity index (χ2n) is 8.21. The number of hydrogen-bond donors (Lipinski definition) is 2. The van der Waals surface area contributed by atoms with Crippen LogP contribution in [0.15, 0.2) is 0 Å². The number of amides is 1. The Balaban J connectivity index is 2.42. The number of likely N-dealkylation sites (N-methyl/N-ethyl adjacent to an activating group) is 1. The van der Waals surface area contributed by atoms with Crippen LogP contribution in [0.5, 0.6) is 0 Å². The molecule has 0 bridgehead atoms. The van der Waals surface area contributed by atoms with Gasteiger partial charge in [-0.1, -0.05) is 0 Å². The average molecular weight is 329 g/mol. The molecule has 1 heterocycles. The van der Waals surface area contributed by atoms with E-state index in [1.165, 1.54) is 0 Å². The third-order valence-electron chi connectivity index (χ3n) is 3.81. The van der Waals surface area contributed by atoms with E-state index in [1.54, 1.807) is 4.90 Å². The minimum absolute atomic E-state index is 0.224. The Bertz CT molecular complexity index is 378. The van der Waals surface area contributed by atoms with Crippen molar-refractivity contribution in [2.24, 2.45) is 0 Å². The van der Waals surface area contributed by atoms with Crippen molar-refractivity contribution in [1.29, 1.82) is 0 Å². The van der Waals surface area contributed by atoms with E-state index in [1.807, 2.05) is 46.7 Å². The maximum absolute atomic E-state index is 12.1. The lowest BCUT2D eigenvalue weighted by Crippen LogP contribution is -2.48. The Morgan fingerprint density at radius 1 is 1.26 bits per heavy atom. The Morgan fingerprint density at radius 2 is 1.91 bits per heavy atom. The number of carbonyl (C=O) groups is 1. The first-order valence-electron chi connectivity index (χ1n) is 8.57. The van der Waals surface area contributed by atoms with E-state index >= 15 is 0 Å². The fourth-order valence-electron chi connectivity index (χ4n) is 2.91. The summed E-state index contributed by atoms with van der Waals surface area (Å²) in [6.45, 7) is 10.1. The summed E-state index contributed by atoms with van der Waals surface area (Å²) in [6.07, 6.45) is 2.62. The molecule has 23 heavy (non-hydrogen) atoms. The number of nitrogens with one attached hydrogen (secondary N) is 1. The van der Waals surface area contributed by atoms with E-state index in [0.717, 1.165) is 25.8 Å². The molecule has 0 saturated carbocycles. The standard InChI is InChI=1S/C17H35N3O3/c1-16(2,3)23-15(21)20-10-7-8-14(9-11-20)18-12-17(4,22)13-19(5)6/h14,18,22H,7-13H2,1-6H3. The fraction of sp³-hybridized carbons (Fsp3) is 0.941. The fourth-order valence-corrected chi connectivity index (χ4v) is 2.91. The van der Waals surface area contributed by atoms with Crippen LogP contribution in [-0.2, 0) is 4.74 Å². The molecule has 1 aliphatic heterocycles. The summed E-state index contributed by atoms with van der Waals surface area (Å²) < 4.78 is 5.45. The topological polar surface area (TPSA) is 65.0 Å². The molecule has 0 aromatic carbocycles. The highest BCUT2D eigenvalue weighted by Crippen LogP contribution is 2.16. The van der Waals surface area contributed by atoms with Crippen LogP contribution in [-0.4, -0.2) is 78.5 Å². The van der Waals surface area contributed by atoms with Gasteiger partial charge in [0.05, 0.1) is 5.60 Å². The number of ether oxygens (including phenoxy) is 1. The Morgan fingerprint density at radius 3 is 2.48 bits per heavy atom. The molecule has 2 N–H and O–H groups in total. The minimum atomic E-state index is -0.749. The molecule has 1 rings (SSSR count). The van der Waals surface area contributed by atoms with Crippen molar-refractivity contribution >= 4 is 6.09 Å². The van der Waals surface area contributed by atoms with E-state index in [9.17, 15) is 9.90 Å². The quantitative estimate of drug-likeness (QED) is 0.803. The first-order valence-corrected chi connectivity index (χ1v) is 8.57. The summed E-state index contributed by atoms with van der Waals surface area (Å²) >= 11 is 0. The van der Waals surface area contributed by atoms with E-state index in [2.05, 4.69) is 5.32 Å². The molecule has 6 heteroatoms. The lowest BCUT2D eigenvalue weighted by atomic mass is 10.0. The third kappa shape index (κ3) is 8.53. The number of rotatable bonds is 5. The van der Waals surface area contributed by atoms with Crippen LogP contribution < -0.4 is 5.32 Å². The number of nitrogens with zero attached hydrogens (tertiary/aromatic N) is 2. The van der Waals surface area contributed by atoms with Crippen LogP contribution in [0.25, 0.3) is 0 Å². The third-order valence-corrected chi connectivity index (χ3v) is 3.81. The highest BCUT2D eigenvalue weighted by atomic mass is 16.6. The van der Waals surface area contributed by atoms with Gasteiger partial charge in [0.1, 0.15) is 5.60 Å². The maximum Gasteiger partial charge on any atom is 0.410 e. The Kier molecular flexibility index (Phi) is 7.29. The monoisotopic (exact) mass is 329 g/mol. The van der Waals surface area contributed by atoms with Crippen LogP contribution in [0.1, 0.15) is 47.0 Å². The number of carbonyl (C=O) groups excluding carboxylic acids is 1. The van der Waals surface area contributed by atoms with E-state index < -0.39 is 11.2 Å². The molecule has 0 aromatic rings. The van der Waals surface area contributed by atoms with Crippen molar-refractivity contribution in [3.8, 4) is 0 Å². The van der Waals surface area contributed by atoms with Crippen molar-refractivity contribution in [1.82, 2.24) is 15.1 Å². The van der Waals surface area contributed by atoms with Crippen LogP contribution in [0.4, 0.5) is 4.79 Å². The van der Waals surface area contributed by atoms with Gasteiger partial charge in [-0.3, -0.25) is 0 Å². The summed E-state index contributed by atoms with van der Waals surface area (Å²) in [5, 5.41) is 13.8. The zero-order valence-corrected chi connectivity index (χ0v) is 15.7. The lowest BCUT2D eigenvalue weighted by Gasteiger charge is -2.29. The smallest absolute Gasteiger partial charge is 0.410 e. The molecule has 0 radical (unpaired) electrons. The predicted octanol–water partition coefficient (Wildman–Crippen LogP) is 1.68. The first-order chi connectivity index (χ1) is 10.5. The summed E-state index contributed by atoms with van der Waals surface area (Å²) in [4.78, 5) is 15.9. The van der Waals surface area contributed by atoms with Gasteiger partial charge in [-0.05, 0) is 61.1 Å². The van der Waals surface area contributed by atoms with Gasteiger partial charge < -0.3 is 25.0 Å². The summed E-state index contributed by atoms with van der Waals surface area (Å²) in [6, 6.07) is 0.330. The summed E-state index contributed by atoms with van der Waals surface area (Å²) in [5.41, 5.74) is -1.20. The molecule has 1 amide bonds. The molecular weight excluding hydrogens is 294 g/mol. The number of hydrogen-bond acceptors (Lipinski definition) is 5. The Hall–Kier alpha value is -0.850. The van der Waals surface area contributed by atoms with Gasteiger partial charge in [0.15, 0.2) is 0 Å². The number of likely N-dealkylation sites (tertiary alicyclic amines) is 1. The van der Waals surface area contributed by atoms with Crippen LogP contribution >= 0.6 is 0 Å². The average Bonchev–Trinajstić information content (AvgIpc) is 2.58. The van der Waals surface area contributed by atoms with Crippen molar-refractivity contribution in [3.63, 3.8) is 0 Å². The van der Waals surface area contributed by atoms with Crippen molar-refractivity contribution in [2.75, 3.05) is 40.3 Å². The lowest BCUT2D eigenvalue weighted by molar-refractivity contribution is 0.0244. The molecule has 1 fully saturated rings. The Labute approximate surface area is 141 Å². The van der Waals surface area contributed by atoms with Crippen molar-refractivity contribution in [3.05, 3.63) is 0 Å². The van der Waals surface area contributed by atoms with Gasteiger partial charge in [0, 0.05) is 32.2 Å². The molecule has 136 valence electrons. The van der Waals surface area contributed by atoms with Crippen LogP contribution in [0.2, 0.25) is 0 Å². The van der Waals surface area contributed by atoms with E-state index in [0.29, 0.717) is 25.7 Å². The molecule has 0 aromatic heterocycles. The second kappa shape index (κ2) is 8.31. The largest absolute Gasteiger partial charge is 0.444 e. The number of aliphatic hydroxyl groups is 1. The molecule has 1 saturated heterocycles. The zero-order valence-electron chi connectivity index (χ0n) is 15.7. The SMILES string of the molecule is CN(C)CC(C)(O)CNC1CCCN(C(=O)OC(C)(C)C)CC1. The second-order valence-corrected chi connectivity index (χ2v) is 8.21. The minimum Gasteiger partial charge on any atom is -0.444 e. The molecule has 1 aliphatic rings. The predicted molar refractivity (Wildman–Crippen MR) is 92.6 cm³/mol. The normalized spacial score (nSPS) is 22.6. The maximum atomic E-state index is 12.1. The molecular formula is C17H35N3O3.